The van der Waals surface area contributed by atoms with Crippen LogP contribution >= 0.6 is 11.6 Å². The van der Waals surface area contributed by atoms with Gasteiger partial charge in [0.2, 0.25) is 0 Å². The third-order valence-corrected chi connectivity index (χ3v) is 3.65. The third kappa shape index (κ3) is 4.63. The van der Waals surface area contributed by atoms with Gasteiger partial charge in [0.1, 0.15) is 5.75 Å². The topological polar surface area (TPSA) is 58.6 Å². The standard InChI is InChI=1S/C18H20ClNO3/c1-3-4-9-20-16-11-13(18(21)22)10-12(2)17(16)23-15-7-5-14(19)6-8-15/h5-8,10-11,20H,3-4,9H2,1-2H3,(H,21,22). The molecule has 0 aliphatic carbocycles. The number of hydrogen-bond donors (Lipinski definition) is 2. The fourth-order valence-electron chi connectivity index (χ4n) is 2.18. The average Bonchev–Trinajstić information content (AvgIpc) is 2.52. The molecule has 0 saturated carbocycles. The van der Waals surface area contributed by atoms with Crippen LogP contribution in [0.25, 0.3) is 0 Å². The molecule has 2 rings (SSSR count). The lowest BCUT2D eigenvalue weighted by atomic mass is 10.1. The van der Waals surface area contributed by atoms with E-state index in [0.29, 0.717) is 22.2 Å². The molecule has 0 unspecified atom stereocenters. The van der Waals surface area contributed by atoms with Crippen LogP contribution in [0.15, 0.2) is 36.4 Å². The van der Waals surface area contributed by atoms with Crippen LogP contribution in [0, 0.1) is 6.92 Å². The van der Waals surface area contributed by atoms with E-state index >= 15 is 0 Å². The number of ether oxygens (including phenoxy) is 1. The van der Waals surface area contributed by atoms with Gasteiger partial charge in [-0.2, -0.15) is 0 Å². The maximum absolute atomic E-state index is 11.3. The van der Waals surface area contributed by atoms with Crippen LogP contribution in [0.1, 0.15) is 35.7 Å². The summed E-state index contributed by atoms with van der Waals surface area (Å²) in [7, 11) is 0. The molecular weight excluding hydrogens is 314 g/mol. The number of benzene rings is 2. The minimum atomic E-state index is -0.954. The predicted molar refractivity (Wildman–Crippen MR) is 93.1 cm³/mol. The number of aromatic carboxylic acids is 1. The summed E-state index contributed by atoms with van der Waals surface area (Å²) in [4.78, 5) is 11.3. The maximum Gasteiger partial charge on any atom is 0.335 e. The zero-order chi connectivity index (χ0) is 16.8. The Kier molecular flexibility index (Phi) is 5.88. The second-order valence-corrected chi connectivity index (χ2v) is 5.75. The van der Waals surface area contributed by atoms with E-state index in [1.807, 2.05) is 6.92 Å². The van der Waals surface area contributed by atoms with E-state index in [1.165, 1.54) is 0 Å². The normalized spacial score (nSPS) is 10.4. The van der Waals surface area contributed by atoms with Gasteiger partial charge in [-0.3, -0.25) is 0 Å². The Morgan fingerprint density at radius 1 is 1.26 bits per heavy atom. The van der Waals surface area contributed by atoms with Gasteiger partial charge in [-0.15, -0.1) is 0 Å². The first-order valence-electron chi connectivity index (χ1n) is 7.56. The molecule has 2 N–H and O–H groups in total. The Hall–Kier alpha value is -2.20. The molecule has 2 aromatic carbocycles. The molecule has 0 spiro atoms. The molecule has 0 aliphatic rings. The molecule has 0 bridgehead atoms. The molecule has 0 saturated heterocycles. The number of aryl methyl sites for hydroxylation is 1. The number of hydrogen-bond acceptors (Lipinski definition) is 3. The lowest BCUT2D eigenvalue weighted by molar-refractivity contribution is 0.0697. The summed E-state index contributed by atoms with van der Waals surface area (Å²) in [5.74, 6) is 0.331. The van der Waals surface area contributed by atoms with E-state index in [9.17, 15) is 9.90 Å². The van der Waals surface area contributed by atoms with Crippen molar-refractivity contribution in [1.29, 1.82) is 0 Å². The van der Waals surface area contributed by atoms with Crippen LogP contribution in [-0.2, 0) is 0 Å². The van der Waals surface area contributed by atoms with Crippen molar-refractivity contribution in [3.63, 3.8) is 0 Å². The van der Waals surface area contributed by atoms with Crippen LogP contribution in [0.4, 0.5) is 5.69 Å². The molecule has 0 heterocycles. The van der Waals surface area contributed by atoms with Gasteiger partial charge in [0.15, 0.2) is 5.75 Å². The number of nitrogens with one attached hydrogen (secondary N) is 1. The van der Waals surface area contributed by atoms with Gasteiger partial charge in [0.25, 0.3) is 0 Å². The number of halogens is 1. The van der Waals surface area contributed by atoms with Crippen molar-refractivity contribution < 1.29 is 14.6 Å². The van der Waals surface area contributed by atoms with Gasteiger partial charge in [0.05, 0.1) is 11.3 Å². The summed E-state index contributed by atoms with van der Waals surface area (Å²) in [6, 6.07) is 10.3. The van der Waals surface area contributed by atoms with Crippen molar-refractivity contribution in [2.75, 3.05) is 11.9 Å². The molecule has 2 aromatic rings. The number of carboxylic acids is 1. The van der Waals surface area contributed by atoms with Gasteiger partial charge >= 0.3 is 5.97 Å². The molecule has 0 aliphatic heterocycles. The highest BCUT2D eigenvalue weighted by Gasteiger charge is 2.14. The Bertz CT molecular complexity index is 683. The van der Waals surface area contributed by atoms with E-state index in [4.69, 9.17) is 16.3 Å². The first-order valence-corrected chi connectivity index (χ1v) is 7.94. The lowest BCUT2D eigenvalue weighted by Gasteiger charge is -2.16. The molecule has 0 atom stereocenters. The summed E-state index contributed by atoms with van der Waals surface area (Å²) in [5, 5.41) is 13.1. The summed E-state index contributed by atoms with van der Waals surface area (Å²) >= 11 is 5.88. The molecule has 0 amide bonds. The minimum absolute atomic E-state index is 0.241. The van der Waals surface area contributed by atoms with E-state index in [1.54, 1.807) is 36.4 Å². The van der Waals surface area contributed by atoms with Crippen LogP contribution in [0.2, 0.25) is 5.02 Å². The monoisotopic (exact) mass is 333 g/mol. The first-order chi connectivity index (χ1) is 11.0. The molecule has 0 fully saturated rings. The van der Waals surface area contributed by atoms with Gasteiger partial charge in [-0.25, -0.2) is 4.79 Å². The predicted octanol–water partition coefficient (Wildman–Crippen LogP) is 5.35. The Balaban J connectivity index is 2.34. The zero-order valence-corrected chi connectivity index (χ0v) is 14.0. The van der Waals surface area contributed by atoms with Crippen LogP contribution in [-0.4, -0.2) is 17.6 Å². The van der Waals surface area contributed by atoms with Gasteiger partial charge in [-0.1, -0.05) is 24.9 Å². The van der Waals surface area contributed by atoms with E-state index in [2.05, 4.69) is 12.2 Å². The number of unbranched alkanes of at least 4 members (excludes halogenated alkanes) is 1. The summed E-state index contributed by atoms with van der Waals surface area (Å²) in [5.41, 5.74) is 1.69. The highest BCUT2D eigenvalue weighted by molar-refractivity contribution is 6.30. The molecule has 5 heteroatoms. The van der Waals surface area contributed by atoms with E-state index < -0.39 is 5.97 Å². The quantitative estimate of drug-likeness (QED) is 0.670. The fraction of sp³-hybridized carbons (Fsp3) is 0.278. The smallest absolute Gasteiger partial charge is 0.335 e. The first kappa shape index (κ1) is 17.2. The number of anilines is 1. The van der Waals surface area contributed by atoms with Gasteiger partial charge < -0.3 is 15.2 Å². The largest absolute Gasteiger partial charge is 0.478 e. The Morgan fingerprint density at radius 2 is 1.96 bits per heavy atom. The van der Waals surface area contributed by atoms with Crippen LogP contribution < -0.4 is 10.1 Å². The van der Waals surface area contributed by atoms with E-state index in [0.717, 1.165) is 24.9 Å². The van der Waals surface area contributed by atoms with Crippen molar-refractivity contribution in [3.05, 3.63) is 52.5 Å². The molecule has 0 radical (unpaired) electrons. The highest BCUT2D eigenvalue weighted by atomic mass is 35.5. The average molecular weight is 334 g/mol. The lowest BCUT2D eigenvalue weighted by Crippen LogP contribution is -2.06. The molecular formula is C18H20ClNO3. The molecule has 0 aromatic heterocycles. The van der Waals surface area contributed by atoms with Crippen LogP contribution in [0.3, 0.4) is 0 Å². The number of carboxylic acid groups (broad SMARTS) is 1. The third-order valence-electron chi connectivity index (χ3n) is 3.40. The number of carbonyl (C=O) groups is 1. The fourth-order valence-corrected chi connectivity index (χ4v) is 2.31. The van der Waals surface area contributed by atoms with Crippen molar-refractivity contribution in [2.24, 2.45) is 0 Å². The van der Waals surface area contributed by atoms with Gasteiger partial charge in [-0.05, 0) is 55.3 Å². The summed E-state index contributed by atoms with van der Waals surface area (Å²) < 4.78 is 5.95. The van der Waals surface area contributed by atoms with Crippen LogP contribution in [0.5, 0.6) is 11.5 Å². The maximum atomic E-state index is 11.3. The minimum Gasteiger partial charge on any atom is -0.478 e. The van der Waals surface area contributed by atoms with Crippen molar-refractivity contribution in [2.45, 2.75) is 26.7 Å². The van der Waals surface area contributed by atoms with Gasteiger partial charge in [0, 0.05) is 11.6 Å². The van der Waals surface area contributed by atoms with Crippen molar-refractivity contribution in [1.82, 2.24) is 0 Å². The summed E-state index contributed by atoms with van der Waals surface area (Å²) in [6.07, 6.45) is 2.05. The molecule has 23 heavy (non-hydrogen) atoms. The van der Waals surface area contributed by atoms with Crippen molar-refractivity contribution in [3.8, 4) is 11.5 Å². The highest BCUT2D eigenvalue weighted by Crippen LogP contribution is 2.34. The van der Waals surface area contributed by atoms with Crippen molar-refractivity contribution >= 4 is 23.3 Å². The second-order valence-electron chi connectivity index (χ2n) is 5.31. The number of rotatable bonds is 7. The second kappa shape index (κ2) is 7.88. The summed E-state index contributed by atoms with van der Waals surface area (Å²) in [6.45, 7) is 4.70. The zero-order valence-electron chi connectivity index (χ0n) is 13.2. The molecule has 122 valence electrons. The SMILES string of the molecule is CCCCNc1cc(C(=O)O)cc(C)c1Oc1ccc(Cl)cc1. The Labute approximate surface area is 141 Å². The van der Waals surface area contributed by atoms with E-state index in [-0.39, 0.29) is 5.56 Å². The molecule has 4 nitrogen and oxygen atoms in total. The Morgan fingerprint density at radius 3 is 2.57 bits per heavy atom.